The molecule has 2 aromatic rings. The highest BCUT2D eigenvalue weighted by molar-refractivity contribution is 7.99. The summed E-state index contributed by atoms with van der Waals surface area (Å²) in [6.45, 7) is 2.02. The van der Waals surface area contributed by atoms with E-state index in [-0.39, 0.29) is 6.04 Å². The zero-order valence-corrected chi connectivity index (χ0v) is 8.97. The van der Waals surface area contributed by atoms with E-state index in [9.17, 15) is 0 Å². The molecule has 1 atom stereocenters. The number of aromatic amines is 1. The van der Waals surface area contributed by atoms with Crippen molar-refractivity contribution in [2.24, 2.45) is 5.73 Å². The van der Waals surface area contributed by atoms with E-state index in [1.807, 2.05) is 13.0 Å². The third kappa shape index (κ3) is 2.11. The van der Waals surface area contributed by atoms with Crippen LogP contribution in [0, 0.1) is 0 Å². The average Bonchev–Trinajstić information content (AvgIpc) is 2.57. The highest BCUT2D eigenvalue weighted by atomic mass is 32.2. The van der Waals surface area contributed by atoms with Crippen molar-refractivity contribution in [2.45, 2.75) is 18.0 Å². The Morgan fingerprint density at radius 2 is 2.21 bits per heavy atom. The van der Waals surface area contributed by atoms with Gasteiger partial charge in [0.15, 0.2) is 0 Å². The Morgan fingerprint density at radius 1 is 1.43 bits per heavy atom. The van der Waals surface area contributed by atoms with Crippen molar-refractivity contribution in [1.82, 2.24) is 4.98 Å². The molecular weight excluding hydrogens is 192 g/mol. The maximum atomic E-state index is 5.70. The second-order valence-corrected chi connectivity index (χ2v) is 4.57. The highest BCUT2D eigenvalue weighted by Gasteiger charge is 2.01. The van der Waals surface area contributed by atoms with Gasteiger partial charge in [0.2, 0.25) is 0 Å². The molecule has 0 aliphatic carbocycles. The summed E-state index contributed by atoms with van der Waals surface area (Å²) in [7, 11) is 0. The fraction of sp³-hybridized carbons (Fsp3) is 0.273. The summed E-state index contributed by atoms with van der Waals surface area (Å²) in [6, 6.07) is 10.7. The van der Waals surface area contributed by atoms with Gasteiger partial charge in [-0.05, 0) is 19.1 Å². The molecule has 2 rings (SSSR count). The van der Waals surface area contributed by atoms with Crippen molar-refractivity contribution in [1.29, 1.82) is 0 Å². The third-order valence-corrected chi connectivity index (χ3v) is 3.23. The van der Waals surface area contributed by atoms with Crippen molar-refractivity contribution < 1.29 is 0 Å². The van der Waals surface area contributed by atoms with Gasteiger partial charge in [0.1, 0.15) is 0 Å². The predicted molar refractivity (Wildman–Crippen MR) is 62.7 cm³/mol. The lowest BCUT2D eigenvalue weighted by Gasteiger charge is -2.01. The monoisotopic (exact) mass is 206 g/mol. The number of thioether (sulfide) groups is 1. The van der Waals surface area contributed by atoms with Gasteiger partial charge in [-0.3, -0.25) is 0 Å². The van der Waals surface area contributed by atoms with E-state index in [1.54, 1.807) is 11.8 Å². The predicted octanol–water partition coefficient (Wildman–Crippen LogP) is 2.61. The molecule has 74 valence electrons. The van der Waals surface area contributed by atoms with Crippen LogP contribution in [0.1, 0.15) is 6.92 Å². The summed E-state index contributed by atoms with van der Waals surface area (Å²) in [6.07, 6.45) is 0. The Hall–Kier alpha value is -0.930. The first-order valence-corrected chi connectivity index (χ1v) is 5.70. The number of nitrogens with one attached hydrogen (secondary N) is 1. The summed E-state index contributed by atoms with van der Waals surface area (Å²) in [5, 5.41) is 2.46. The Labute approximate surface area is 87.9 Å². The first kappa shape index (κ1) is 9.62. The largest absolute Gasteiger partial charge is 0.350 e. The molecule has 0 aliphatic rings. The smallest absolute Gasteiger partial charge is 0.0733 e. The van der Waals surface area contributed by atoms with Crippen LogP contribution in [0.4, 0.5) is 0 Å². The quantitative estimate of drug-likeness (QED) is 0.758. The maximum absolute atomic E-state index is 5.70. The topological polar surface area (TPSA) is 41.8 Å². The summed E-state index contributed by atoms with van der Waals surface area (Å²) >= 11 is 1.77. The number of nitrogens with two attached hydrogens (primary N) is 1. The minimum absolute atomic E-state index is 0.242. The maximum Gasteiger partial charge on any atom is 0.0733 e. The Bertz CT molecular complexity index is 387. The molecule has 0 spiro atoms. The molecule has 0 aliphatic heterocycles. The fourth-order valence-electron chi connectivity index (χ4n) is 1.35. The van der Waals surface area contributed by atoms with Gasteiger partial charge in [-0.2, -0.15) is 0 Å². The van der Waals surface area contributed by atoms with E-state index in [2.05, 4.69) is 29.2 Å². The minimum atomic E-state index is 0.242. The third-order valence-electron chi connectivity index (χ3n) is 2.01. The molecule has 1 aromatic carbocycles. The van der Waals surface area contributed by atoms with Crippen LogP contribution >= 0.6 is 11.8 Å². The number of para-hydroxylation sites is 1. The molecule has 3 N–H and O–H groups in total. The van der Waals surface area contributed by atoms with Crippen molar-refractivity contribution in [3.63, 3.8) is 0 Å². The number of aromatic nitrogens is 1. The van der Waals surface area contributed by atoms with Crippen molar-refractivity contribution in [2.75, 3.05) is 5.75 Å². The number of benzene rings is 1. The summed E-state index contributed by atoms with van der Waals surface area (Å²) in [4.78, 5) is 3.36. The van der Waals surface area contributed by atoms with E-state index in [4.69, 9.17) is 5.73 Å². The van der Waals surface area contributed by atoms with Gasteiger partial charge >= 0.3 is 0 Å². The van der Waals surface area contributed by atoms with Gasteiger partial charge in [0, 0.05) is 22.7 Å². The van der Waals surface area contributed by atoms with Gasteiger partial charge in [0.05, 0.1) is 5.03 Å². The molecular formula is C11H14N2S. The van der Waals surface area contributed by atoms with Crippen LogP contribution in [0.3, 0.4) is 0 Å². The molecule has 2 nitrogen and oxygen atoms in total. The molecule has 0 saturated heterocycles. The zero-order chi connectivity index (χ0) is 9.97. The highest BCUT2D eigenvalue weighted by Crippen LogP contribution is 2.23. The zero-order valence-electron chi connectivity index (χ0n) is 8.16. The molecule has 0 amide bonds. The summed E-state index contributed by atoms with van der Waals surface area (Å²) in [5.41, 5.74) is 6.89. The molecule has 0 bridgehead atoms. The molecule has 14 heavy (non-hydrogen) atoms. The Morgan fingerprint density at radius 3 is 2.93 bits per heavy atom. The van der Waals surface area contributed by atoms with Crippen LogP contribution in [0.25, 0.3) is 10.9 Å². The van der Waals surface area contributed by atoms with Crippen LogP contribution in [-0.2, 0) is 0 Å². The van der Waals surface area contributed by atoms with Gasteiger partial charge in [-0.25, -0.2) is 0 Å². The average molecular weight is 206 g/mol. The molecule has 0 radical (unpaired) electrons. The number of hydrogen-bond acceptors (Lipinski definition) is 2. The summed E-state index contributed by atoms with van der Waals surface area (Å²) in [5.74, 6) is 0.951. The van der Waals surface area contributed by atoms with Crippen LogP contribution in [0.15, 0.2) is 35.4 Å². The van der Waals surface area contributed by atoms with Crippen molar-refractivity contribution in [3.05, 3.63) is 30.3 Å². The first-order chi connectivity index (χ1) is 6.75. The van der Waals surface area contributed by atoms with Crippen LogP contribution in [0.2, 0.25) is 0 Å². The fourth-order valence-corrected chi connectivity index (χ4v) is 2.18. The molecule has 0 saturated carbocycles. The van der Waals surface area contributed by atoms with Gasteiger partial charge in [0.25, 0.3) is 0 Å². The Balaban J connectivity index is 2.19. The van der Waals surface area contributed by atoms with Gasteiger partial charge in [-0.15, -0.1) is 11.8 Å². The Kier molecular flexibility index (Phi) is 2.79. The van der Waals surface area contributed by atoms with Crippen LogP contribution in [-0.4, -0.2) is 16.8 Å². The van der Waals surface area contributed by atoms with E-state index < -0.39 is 0 Å². The molecule has 1 aromatic heterocycles. The van der Waals surface area contributed by atoms with Gasteiger partial charge in [-0.1, -0.05) is 18.2 Å². The van der Waals surface area contributed by atoms with E-state index in [0.29, 0.717) is 0 Å². The van der Waals surface area contributed by atoms with E-state index in [0.717, 1.165) is 5.75 Å². The van der Waals surface area contributed by atoms with Crippen LogP contribution in [0.5, 0.6) is 0 Å². The summed E-state index contributed by atoms with van der Waals surface area (Å²) < 4.78 is 0. The number of rotatable bonds is 3. The second kappa shape index (κ2) is 4.07. The SMILES string of the molecule is CC(N)CSc1cc2ccccc2[nH]1. The second-order valence-electron chi connectivity index (χ2n) is 3.51. The number of hydrogen-bond donors (Lipinski definition) is 2. The lowest BCUT2D eigenvalue weighted by atomic mass is 10.3. The van der Waals surface area contributed by atoms with Crippen molar-refractivity contribution in [3.8, 4) is 0 Å². The molecule has 0 fully saturated rings. The normalized spacial score (nSPS) is 13.3. The first-order valence-electron chi connectivity index (χ1n) is 4.72. The molecule has 1 heterocycles. The van der Waals surface area contributed by atoms with Crippen LogP contribution < -0.4 is 5.73 Å². The lowest BCUT2D eigenvalue weighted by molar-refractivity contribution is 0.846. The standard InChI is InChI=1S/C11H14N2S/c1-8(12)7-14-11-6-9-4-2-3-5-10(9)13-11/h2-6,8,13H,7,12H2,1H3. The minimum Gasteiger partial charge on any atom is -0.350 e. The van der Waals surface area contributed by atoms with Gasteiger partial charge < -0.3 is 10.7 Å². The molecule has 1 unspecified atom stereocenters. The van der Waals surface area contributed by atoms with E-state index >= 15 is 0 Å². The number of fused-ring (bicyclic) bond motifs is 1. The van der Waals surface area contributed by atoms with E-state index in [1.165, 1.54) is 15.9 Å². The van der Waals surface area contributed by atoms with Crippen molar-refractivity contribution >= 4 is 22.7 Å². The number of H-pyrrole nitrogens is 1. The molecule has 3 heteroatoms. The lowest BCUT2D eigenvalue weighted by Crippen LogP contribution is -2.17.